The molecule has 1 aliphatic rings. The summed E-state index contributed by atoms with van der Waals surface area (Å²) in [6, 6.07) is 18.3. The van der Waals surface area contributed by atoms with Gasteiger partial charge in [-0.2, -0.15) is 5.26 Å². The lowest BCUT2D eigenvalue weighted by Gasteiger charge is -2.27. The zero-order valence-electron chi connectivity index (χ0n) is 14.6. The Hall–Kier alpha value is -3.23. The number of nitrogens with two attached hydrogens (primary N) is 1. The van der Waals surface area contributed by atoms with E-state index in [0.717, 1.165) is 5.56 Å². The molecular formula is C21H17ClN2O3. The van der Waals surface area contributed by atoms with Crippen molar-refractivity contribution < 1.29 is 14.3 Å². The summed E-state index contributed by atoms with van der Waals surface area (Å²) in [5.41, 5.74) is 7.89. The van der Waals surface area contributed by atoms with E-state index < -0.39 is 11.9 Å². The van der Waals surface area contributed by atoms with Crippen molar-refractivity contribution in [3.05, 3.63) is 93.5 Å². The van der Waals surface area contributed by atoms with Crippen molar-refractivity contribution >= 4 is 17.6 Å². The summed E-state index contributed by atoms with van der Waals surface area (Å²) in [4.78, 5) is 12.8. The Morgan fingerprint density at radius 3 is 2.67 bits per heavy atom. The highest BCUT2D eigenvalue weighted by molar-refractivity contribution is 6.30. The number of esters is 1. The van der Waals surface area contributed by atoms with E-state index in [4.69, 9.17) is 26.8 Å². The number of allylic oxidation sites excluding steroid dienone is 2. The van der Waals surface area contributed by atoms with Crippen LogP contribution in [0.15, 0.2) is 77.4 Å². The van der Waals surface area contributed by atoms with Crippen LogP contribution in [0.2, 0.25) is 5.02 Å². The van der Waals surface area contributed by atoms with Gasteiger partial charge in [-0.1, -0.05) is 54.1 Å². The smallest absolute Gasteiger partial charge is 0.340 e. The van der Waals surface area contributed by atoms with Crippen molar-refractivity contribution in [2.45, 2.75) is 19.4 Å². The minimum Gasteiger partial charge on any atom is -0.457 e. The standard InChI is InChI=1S/C21H17ClN2O3/c1-13-17(11-23)18(15-8-5-9-16(22)10-15)19(20(24)27-13)21(25)26-12-14-6-3-2-4-7-14/h2-10,18H,12,24H2,1H3. The minimum atomic E-state index is -0.703. The van der Waals surface area contributed by atoms with E-state index in [2.05, 4.69) is 6.07 Å². The SMILES string of the molecule is CC1=C(C#N)C(c2cccc(Cl)c2)C(C(=O)OCc2ccccc2)=C(N)O1. The van der Waals surface area contributed by atoms with Crippen LogP contribution in [0.25, 0.3) is 0 Å². The molecule has 1 unspecified atom stereocenters. The lowest BCUT2D eigenvalue weighted by Crippen LogP contribution is -2.26. The van der Waals surface area contributed by atoms with Gasteiger partial charge in [0.05, 0.1) is 17.6 Å². The summed E-state index contributed by atoms with van der Waals surface area (Å²) in [5, 5.41) is 10.1. The lowest BCUT2D eigenvalue weighted by atomic mass is 9.83. The first kappa shape index (κ1) is 18.6. The molecule has 0 aromatic heterocycles. The number of ether oxygens (including phenoxy) is 2. The fraction of sp³-hybridized carbons (Fsp3) is 0.143. The molecule has 2 N–H and O–H groups in total. The Kier molecular flexibility index (Phi) is 5.49. The molecule has 136 valence electrons. The van der Waals surface area contributed by atoms with Gasteiger partial charge < -0.3 is 15.2 Å². The van der Waals surface area contributed by atoms with Gasteiger partial charge in [0, 0.05) is 5.02 Å². The number of hydrogen-bond acceptors (Lipinski definition) is 5. The first-order chi connectivity index (χ1) is 13.0. The van der Waals surface area contributed by atoms with Crippen LogP contribution < -0.4 is 5.73 Å². The van der Waals surface area contributed by atoms with Crippen molar-refractivity contribution in [3.63, 3.8) is 0 Å². The molecule has 1 aliphatic heterocycles. The third-order valence-electron chi connectivity index (χ3n) is 4.22. The highest BCUT2D eigenvalue weighted by Crippen LogP contribution is 2.40. The number of rotatable bonds is 4. The number of carbonyl (C=O) groups is 1. The van der Waals surface area contributed by atoms with Gasteiger partial charge in [0.2, 0.25) is 5.88 Å². The Morgan fingerprint density at radius 1 is 1.26 bits per heavy atom. The van der Waals surface area contributed by atoms with E-state index in [1.165, 1.54) is 0 Å². The second-order valence-corrected chi connectivity index (χ2v) is 6.45. The van der Waals surface area contributed by atoms with Gasteiger partial charge in [-0.3, -0.25) is 0 Å². The number of carbonyl (C=O) groups excluding carboxylic acids is 1. The molecule has 0 saturated heterocycles. The summed E-state index contributed by atoms with van der Waals surface area (Å²) in [7, 11) is 0. The van der Waals surface area contributed by atoms with E-state index in [-0.39, 0.29) is 23.6 Å². The number of nitrogens with zero attached hydrogens (tertiary/aromatic N) is 1. The molecule has 0 spiro atoms. The minimum absolute atomic E-state index is 0.0745. The molecule has 0 fully saturated rings. The van der Waals surface area contributed by atoms with E-state index >= 15 is 0 Å². The van der Waals surface area contributed by atoms with E-state index in [1.807, 2.05) is 30.3 Å². The molecule has 3 rings (SSSR count). The maximum absolute atomic E-state index is 12.8. The van der Waals surface area contributed by atoms with Gasteiger partial charge >= 0.3 is 5.97 Å². The molecule has 0 aliphatic carbocycles. The molecule has 2 aromatic rings. The molecule has 1 atom stereocenters. The quantitative estimate of drug-likeness (QED) is 0.805. The second kappa shape index (κ2) is 7.98. The van der Waals surface area contributed by atoms with Crippen LogP contribution in [0.3, 0.4) is 0 Å². The highest BCUT2D eigenvalue weighted by Gasteiger charge is 2.36. The molecule has 1 heterocycles. The van der Waals surface area contributed by atoms with Crippen LogP contribution in [-0.4, -0.2) is 5.97 Å². The maximum Gasteiger partial charge on any atom is 0.340 e. The Bertz CT molecular complexity index is 974. The molecule has 0 amide bonds. The molecule has 0 radical (unpaired) electrons. The summed E-state index contributed by atoms with van der Waals surface area (Å²) < 4.78 is 10.9. The van der Waals surface area contributed by atoms with Crippen molar-refractivity contribution in [2.24, 2.45) is 5.73 Å². The number of benzene rings is 2. The van der Waals surface area contributed by atoms with Crippen molar-refractivity contribution in [1.82, 2.24) is 0 Å². The fourth-order valence-corrected chi connectivity index (χ4v) is 3.15. The largest absolute Gasteiger partial charge is 0.457 e. The van der Waals surface area contributed by atoms with Gasteiger partial charge in [-0.25, -0.2) is 4.79 Å². The van der Waals surface area contributed by atoms with Crippen molar-refractivity contribution in [1.29, 1.82) is 5.26 Å². The number of nitriles is 1. The summed E-state index contributed by atoms with van der Waals surface area (Å²) in [5.74, 6) is -1.07. The van der Waals surface area contributed by atoms with Crippen LogP contribution in [0.5, 0.6) is 0 Å². The monoisotopic (exact) mass is 380 g/mol. The molecule has 5 nitrogen and oxygen atoms in total. The van der Waals surface area contributed by atoms with Crippen LogP contribution in [0, 0.1) is 11.3 Å². The highest BCUT2D eigenvalue weighted by atomic mass is 35.5. The summed E-state index contributed by atoms with van der Waals surface area (Å²) in [6.45, 7) is 1.72. The third-order valence-corrected chi connectivity index (χ3v) is 4.46. The lowest BCUT2D eigenvalue weighted by molar-refractivity contribution is -0.140. The molecule has 6 heteroatoms. The van der Waals surface area contributed by atoms with Crippen molar-refractivity contribution in [3.8, 4) is 6.07 Å². The van der Waals surface area contributed by atoms with Gasteiger partial charge in [0.1, 0.15) is 17.9 Å². The summed E-state index contributed by atoms with van der Waals surface area (Å²) in [6.07, 6.45) is 0. The zero-order valence-corrected chi connectivity index (χ0v) is 15.4. The van der Waals surface area contributed by atoms with E-state index in [0.29, 0.717) is 16.3 Å². The first-order valence-electron chi connectivity index (χ1n) is 8.26. The van der Waals surface area contributed by atoms with Crippen LogP contribution in [-0.2, 0) is 20.9 Å². The number of halogens is 1. The number of hydrogen-bond donors (Lipinski definition) is 1. The maximum atomic E-state index is 12.8. The average Bonchev–Trinajstić information content (AvgIpc) is 2.66. The second-order valence-electron chi connectivity index (χ2n) is 6.01. The zero-order chi connectivity index (χ0) is 19.4. The van der Waals surface area contributed by atoms with E-state index in [9.17, 15) is 10.1 Å². The summed E-state index contributed by atoms with van der Waals surface area (Å²) >= 11 is 6.10. The Labute approximate surface area is 162 Å². The Balaban J connectivity index is 1.96. The van der Waals surface area contributed by atoms with Crippen LogP contribution >= 0.6 is 11.6 Å². The third kappa shape index (κ3) is 3.97. The predicted octanol–water partition coefficient (Wildman–Crippen LogP) is 4.17. The predicted molar refractivity (Wildman–Crippen MR) is 101 cm³/mol. The average molecular weight is 381 g/mol. The van der Waals surface area contributed by atoms with Gasteiger partial charge in [-0.05, 0) is 30.2 Å². The molecular weight excluding hydrogens is 364 g/mol. The van der Waals surface area contributed by atoms with Crippen molar-refractivity contribution in [2.75, 3.05) is 0 Å². The normalized spacial score (nSPS) is 16.6. The fourth-order valence-electron chi connectivity index (χ4n) is 2.95. The first-order valence-corrected chi connectivity index (χ1v) is 8.64. The van der Waals surface area contributed by atoms with Gasteiger partial charge in [-0.15, -0.1) is 0 Å². The Morgan fingerprint density at radius 2 is 2.00 bits per heavy atom. The van der Waals surface area contributed by atoms with Gasteiger partial charge in [0.15, 0.2) is 0 Å². The van der Waals surface area contributed by atoms with Crippen LogP contribution in [0.4, 0.5) is 0 Å². The molecule has 0 saturated carbocycles. The topological polar surface area (TPSA) is 85.3 Å². The van der Waals surface area contributed by atoms with E-state index in [1.54, 1.807) is 31.2 Å². The molecule has 0 bridgehead atoms. The van der Waals surface area contributed by atoms with Crippen LogP contribution in [0.1, 0.15) is 24.0 Å². The molecule has 27 heavy (non-hydrogen) atoms. The van der Waals surface area contributed by atoms with Gasteiger partial charge in [0.25, 0.3) is 0 Å². The molecule has 2 aromatic carbocycles.